The predicted octanol–water partition coefficient (Wildman–Crippen LogP) is -1.24. The van der Waals surface area contributed by atoms with Crippen LogP contribution in [0.25, 0.3) is 0 Å². The summed E-state index contributed by atoms with van der Waals surface area (Å²) < 4.78 is 33.3. The first-order chi connectivity index (χ1) is 6.80. The molecule has 0 fully saturated rings. The number of benzene rings is 1. The molecule has 0 radical (unpaired) electrons. The number of esters is 1. The van der Waals surface area contributed by atoms with Crippen LogP contribution >= 0.6 is 0 Å². The van der Waals surface area contributed by atoms with E-state index < -0.39 is 20.1 Å². The Morgan fingerprint density at radius 1 is 1.47 bits per heavy atom. The van der Waals surface area contributed by atoms with Gasteiger partial charge in [-0.3, -0.25) is 0 Å². The molecular weight excluding hydrogens is 265 g/mol. The molecule has 7 heteroatoms. The van der Waals surface area contributed by atoms with Crippen molar-refractivity contribution < 1.29 is 21.5 Å². The van der Waals surface area contributed by atoms with Gasteiger partial charge in [0.25, 0.3) is 0 Å². The zero-order valence-electron chi connectivity index (χ0n) is 7.88. The molecular formula is C8H10AsNO5. The van der Waals surface area contributed by atoms with Crippen LogP contribution in [0.5, 0.6) is 5.75 Å². The minimum atomic E-state index is -4.99. The van der Waals surface area contributed by atoms with Crippen LogP contribution in [0.3, 0.4) is 0 Å². The molecule has 0 aliphatic carbocycles. The van der Waals surface area contributed by atoms with Gasteiger partial charge in [0.05, 0.1) is 0 Å². The summed E-state index contributed by atoms with van der Waals surface area (Å²) in [5.74, 6) is -0.364. The average molecular weight is 275 g/mol. The molecule has 4 N–H and O–H groups in total. The van der Waals surface area contributed by atoms with Gasteiger partial charge in [0, 0.05) is 0 Å². The molecule has 0 atom stereocenters. The molecule has 1 rings (SSSR count). The van der Waals surface area contributed by atoms with E-state index in [0.29, 0.717) is 0 Å². The summed E-state index contributed by atoms with van der Waals surface area (Å²) in [7, 11) is 0. The van der Waals surface area contributed by atoms with Gasteiger partial charge in [-0.1, -0.05) is 0 Å². The zero-order valence-corrected chi connectivity index (χ0v) is 9.75. The molecule has 0 heterocycles. The van der Waals surface area contributed by atoms with Gasteiger partial charge in [0.15, 0.2) is 0 Å². The van der Waals surface area contributed by atoms with Crippen LogP contribution in [0.1, 0.15) is 6.92 Å². The summed E-state index contributed by atoms with van der Waals surface area (Å²) in [6.45, 7) is 1.22. The molecule has 1 aromatic rings. The van der Waals surface area contributed by atoms with Gasteiger partial charge >= 0.3 is 88.2 Å². The summed E-state index contributed by atoms with van der Waals surface area (Å²) in [5, 5.41) is 0. The number of carbonyl (C=O) groups is 1. The monoisotopic (exact) mass is 275 g/mol. The number of hydrogen-bond acceptors (Lipinski definition) is 4. The van der Waals surface area contributed by atoms with Gasteiger partial charge in [-0.05, 0) is 0 Å². The Bertz CT molecular complexity index is 439. The average Bonchev–Trinajstić information content (AvgIpc) is 1.99. The van der Waals surface area contributed by atoms with E-state index in [0.717, 1.165) is 6.07 Å². The Morgan fingerprint density at radius 2 is 2.07 bits per heavy atom. The van der Waals surface area contributed by atoms with Crippen molar-refractivity contribution in [2.45, 2.75) is 6.92 Å². The zero-order chi connectivity index (χ0) is 11.6. The van der Waals surface area contributed by atoms with E-state index in [1.807, 2.05) is 0 Å². The Morgan fingerprint density at radius 3 is 2.47 bits per heavy atom. The van der Waals surface area contributed by atoms with Crippen molar-refractivity contribution in [1.82, 2.24) is 0 Å². The quantitative estimate of drug-likeness (QED) is 0.269. The topological polar surface area (TPSA) is 110 Å². The van der Waals surface area contributed by atoms with Crippen molar-refractivity contribution in [2.75, 3.05) is 5.73 Å². The number of nitrogen functional groups attached to an aromatic ring is 1. The van der Waals surface area contributed by atoms with E-state index in [2.05, 4.69) is 0 Å². The molecule has 0 saturated carbocycles. The molecule has 0 aromatic heterocycles. The molecule has 0 spiro atoms. The second-order valence-electron chi connectivity index (χ2n) is 2.86. The van der Waals surface area contributed by atoms with Gasteiger partial charge in [-0.15, -0.1) is 0 Å². The number of rotatable bonds is 2. The normalized spacial score (nSPS) is 11.1. The summed E-state index contributed by atoms with van der Waals surface area (Å²) in [5.41, 5.74) is 5.33. The molecule has 6 nitrogen and oxygen atoms in total. The van der Waals surface area contributed by atoms with Crippen LogP contribution < -0.4 is 14.8 Å². The molecule has 0 amide bonds. The van der Waals surface area contributed by atoms with E-state index in [4.69, 9.17) is 18.7 Å². The Kier molecular flexibility index (Phi) is 3.24. The number of hydrogen-bond donors (Lipinski definition) is 3. The van der Waals surface area contributed by atoms with E-state index in [1.165, 1.54) is 19.1 Å². The molecule has 0 aliphatic rings. The molecule has 82 valence electrons. The fraction of sp³-hybridized carbons (Fsp3) is 0.125. The number of carbonyl (C=O) groups excluding carboxylic acids is 1. The SMILES string of the molecule is CC(=O)Oc1ccc([As](=O)(O)O)c(N)c1. The van der Waals surface area contributed by atoms with E-state index >= 15 is 0 Å². The minimum absolute atomic E-state index is 0.0822. The first kappa shape index (κ1) is 11.8. The molecule has 0 aliphatic heterocycles. The van der Waals surface area contributed by atoms with Crippen LogP contribution in [0.2, 0.25) is 0 Å². The predicted molar refractivity (Wildman–Crippen MR) is 52.7 cm³/mol. The summed E-state index contributed by atoms with van der Waals surface area (Å²) in [6.07, 6.45) is 0. The number of nitrogens with two attached hydrogens (primary N) is 1. The van der Waals surface area contributed by atoms with Crippen molar-refractivity contribution in [2.24, 2.45) is 0 Å². The first-order valence-electron chi connectivity index (χ1n) is 3.95. The van der Waals surface area contributed by atoms with Gasteiger partial charge in [-0.25, -0.2) is 0 Å². The van der Waals surface area contributed by atoms with Crippen molar-refractivity contribution in [3.8, 4) is 5.75 Å². The Hall–Kier alpha value is -1.23. The van der Waals surface area contributed by atoms with E-state index in [9.17, 15) is 8.53 Å². The molecule has 1 aromatic carbocycles. The third kappa shape index (κ3) is 3.12. The van der Waals surface area contributed by atoms with Gasteiger partial charge in [-0.2, -0.15) is 0 Å². The fourth-order valence-corrected chi connectivity index (χ4v) is 2.43. The number of anilines is 1. The molecule has 15 heavy (non-hydrogen) atoms. The summed E-state index contributed by atoms with van der Waals surface area (Å²) in [4.78, 5) is 10.6. The van der Waals surface area contributed by atoms with Crippen molar-refractivity contribution in [3.05, 3.63) is 18.2 Å². The third-order valence-corrected chi connectivity index (χ3v) is 3.75. The van der Waals surface area contributed by atoms with Crippen molar-refractivity contribution in [1.29, 1.82) is 0 Å². The third-order valence-electron chi connectivity index (χ3n) is 1.57. The van der Waals surface area contributed by atoms with Crippen molar-refractivity contribution in [3.63, 3.8) is 0 Å². The molecule has 0 saturated heterocycles. The van der Waals surface area contributed by atoms with E-state index in [-0.39, 0.29) is 15.8 Å². The van der Waals surface area contributed by atoms with Crippen molar-refractivity contribution >= 4 is 30.2 Å². The Labute approximate surface area is 88.7 Å². The second-order valence-corrected chi connectivity index (χ2v) is 6.15. The maximum absolute atomic E-state index is 11.0. The fourth-order valence-electron chi connectivity index (χ4n) is 1.03. The Balaban J connectivity index is 3.09. The second kappa shape index (κ2) is 4.10. The van der Waals surface area contributed by atoms with E-state index in [1.54, 1.807) is 0 Å². The van der Waals surface area contributed by atoms with Crippen LogP contribution in [0.4, 0.5) is 5.69 Å². The molecule has 0 bridgehead atoms. The van der Waals surface area contributed by atoms with Gasteiger partial charge < -0.3 is 0 Å². The van der Waals surface area contributed by atoms with Crippen LogP contribution in [-0.4, -0.2) is 28.3 Å². The molecule has 0 unspecified atom stereocenters. The maximum atomic E-state index is 11.0. The van der Waals surface area contributed by atoms with Gasteiger partial charge in [0.2, 0.25) is 0 Å². The first-order valence-corrected chi connectivity index (χ1v) is 7.33. The number of ether oxygens (including phenoxy) is 1. The van der Waals surface area contributed by atoms with Gasteiger partial charge in [0.1, 0.15) is 0 Å². The summed E-state index contributed by atoms with van der Waals surface area (Å²) >= 11 is -4.99. The van der Waals surface area contributed by atoms with Crippen LogP contribution in [0.15, 0.2) is 18.2 Å². The standard InChI is InChI=1S/C8H10AsNO5/c1-5(11)15-6-2-3-7(8(10)4-6)9(12,13)14/h2-4H,10H2,1H3,(H2,12,13,14). The van der Waals surface area contributed by atoms with Crippen LogP contribution in [0, 0.1) is 0 Å². The van der Waals surface area contributed by atoms with Crippen LogP contribution in [-0.2, 0) is 8.53 Å². The summed E-state index contributed by atoms with van der Waals surface area (Å²) in [6, 6.07) is 3.65.